The second-order valence-electron chi connectivity index (χ2n) is 6.22. The van der Waals surface area contributed by atoms with Gasteiger partial charge in [-0.25, -0.2) is 4.98 Å². The molecular weight excluding hydrogens is 385 g/mol. The van der Waals surface area contributed by atoms with Crippen molar-refractivity contribution in [3.63, 3.8) is 0 Å². The van der Waals surface area contributed by atoms with E-state index in [1.54, 1.807) is 6.07 Å². The Hall–Kier alpha value is -2.14. The minimum absolute atomic E-state index is 0.497. The molecule has 26 heavy (non-hydrogen) atoms. The molecule has 0 aliphatic rings. The maximum Gasteiger partial charge on any atom is 0.205 e. The van der Waals surface area contributed by atoms with Crippen LogP contribution in [-0.4, -0.2) is 14.4 Å². The lowest BCUT2D eigenvalue weighted by Crippen LogP contribution is -1.95. The van der Waals surface area contributed by atoms with Crippen LogP contribution in [0.25, 0.3) is 28.0 Å². The first-order chi connectivity index (χ1) is 12.5. The van der Waals surface area contributed by atoms with Crippen molar-refractivity contribution in [1.29, 1.82) is 0 Å². The van der Waals surface area contributed by atoms with Crippen molar-refractivity contribution in [2.75, 3.05) is 0 Å². The van der Waals surface area contributed by atoms with E-state index in [-0.39, 0.29) is 0 Å². The van der Waals surface area contributed by atoms with Crippen LogP contribution in [0.3, 0.4) is 0 Å². The predicted octanol–water partition coefficient (Wildman–Crippen LogP) is 6.65. The smallest absolute Gasteiger partial charge is 0.205 e. The third-order valence-corrected chi connectivity index (χ3v) is 5.68. The number of hydrogen-bond donors (Lipinski definition) is 1. The summed E-state index contributed by atoms with van der Waals surface area (Å²) in [5.74, 6) is 0. The molecule has 4 aromatic rings. The zero-order chi connectivity index (χ0) is 18.4. The van der Waals surface area contributed by atoms with Gasteiger partial charge >= 0.3 is 0 Å². The van der Waals surface area contributed by atoms with Gasteiger partial charge in [0.25, 0.3) is 0 Å². The van der Waals surface area contributed by atoms with Crippen LogP contribution in [0.4, 0.5) is 0 Å². The fourth-order valence-corrected chi connectivity index (χ4v) is 3.55. The molecule has 0 aliphatic heterocycles. The van der Waals surface area contributed by atoms with E-state index in [1.807, 2.05) is 28.9 Å². The summed E-state index contributed by atoms with van der Waals surface area (Å²) in [6, 6.07) is 11.8. The molecule has 0 aliphatic carbocycles. The topological polar surface area (TPSA) is 33.1 Å². The van der Waals surface area contributed by atoms with Gasteiger partial charge in [0.2, 0.25) is 4.77 Å². The molecule has 6 heteroatoms. The molecule has 2 heterocycles. The lowest BCUT2D eigenvalue weighted by molar-refractivity contribution is 1.06. The van der Waals surface area contributed by atoms with E-state index in [2.05, 4.69) is 42.0 Å². The molecule has 0 atom stereocenters. The van der Waals surface area contributed by atoms with Crippen molar-refractivity contribution in [3.8, 4) is 22.4 Å². The van der Waals surface area contributed by atoms with E-state index in [1.165, 1.54) is 11.1 Å². The fraction of sp³-hybridized carbons (Fsp3) is 0.100. The summed E-state index contributed by atoms with van der Waals surface area (Å²) in [5, 5.41) is 1.04. The second-order valence-corrected chi connectivity index (χ2v) is 7.40. The minimum atomic E-state index is 0.497. The first kappa shape index (κ1) is 17.3. The van der Waals surface area contributed by atoms with E-state index in [9.17, 15) is 0 Å². The number of H-pyrrole nitrogens is 1. The van der Waals surface area contributed by atoms with Crippen LogP contribution in [0.5, 0.6) is 0 Å². The molecule has 1 N–H and O–H groups in total. The number of fused-ring (bicyclic) bond motifs is 1. The molecule has 4 rings (SSSR count). The number of imidazole rings is 1. The Balaban J connectivity index is 1.98. The highest BCUT2D eigenvalue weighted by Gasteiger charge is 2.13. The molecule has 0 fully saturated rings. The summed E-state index contributed by atoms with van der Waals surface area (Å²) in [6.07, 6.45) is 3.77. The molecule has 0 saturated carbocycles. The van der Waals surface area contributed by atoms with Gasteiger partial charge in [0, 0.05) is 23.5 Å². The first-order valence-electron chi connectivity index (χ1n) is 8.08. The van der Waals surface area contributed by atoms with Crippen LogP contribution < -0.4 is 0 Å². The number of rotatable bonds is 2. The molecule has 0 amide bonds. The van der Waals surface area contributed by atoms with Crippen LogP contribution >= 0.6 is 35.4 Å². The summed E-state index contributed by atoms with van der Waals surface area (Å²) in [7, 11) is 0. The van der Waals surface area contributed by atoms with Crippen molar-refractivity contribution in [2.45, 2.75) is 13.8 Å². The van der Waals surface area contributed by atoms with Gasteiger partial charge in [-0.05, 0) is 54.9 Å². The van der Waals surface area contributed by atoms with E-state index in [4.69, 9.17) is 35.4 Å². The molecule has 0 saturated heterocycles. The molecule has 0 spiro atoms. The molecule has 2 aromatic carbocycles. The summed E-state index contributed by atoms with van der Waals surface area (Å²) in [5.41, 5.74) is 7.33. The van der Waals surface area contributed by atoms with Gasteiger partial charge in [-0.15, -0.1) is 0 Å². The normalized spacial score (nSPS) is 11.2. The lowest BCUT2D eigenvalue weighted by atomic mass is 9.99. The molecule has 3 nitrogen and oxygen atoms in total. The number of halogens is 2. The molecule has 2 aromatic heterocycles. The van der Waals surface area contributed by atoms with E-state index in [0.717, 1.165) is 28.0 Å². The predicted molar refractivity (Wildman–Crippen MR) is 111 cm³/mol. The molecule has 0 unspecified atom stereocenters. The van der Waals surface area contributed by atoms with Crippen LogP contribution in [0, 0.1) is 18.6 Å². The fourth-order valence-electron chi connectivity index (χ4n) is 3.06. The second kappa shape index (κ2) is 6.54. The van der Waals surface area contributed by atoms with Crippen LogP contribution in [0.2, 0.25) is 10.0 Å². The summed E-state index contributed by atoms with van der Waals surface area (Å²) in [6.45, 7) is 4.22. The number of hydrogen-bond acceptors (Lipinski definition) is 2. The highest BCUT2D eigenvalue weighted by molar-refractivity contribution is 7.71. The van der Waals surface area contributed by atoms with E-state index in [0.29, 0.717) is 14.8 Å². The average molecular weight is 400 g/mol. The number of aromatic amines is 1. The van der Waals surface area contributed by atoms with E-state index < -0.39 is 0 Å². The molecule has 0 bridgehead atoms. The Morgan fingerprint density at radius 3 is 2.62 bits per heavy atom. The van der Waals surface area contributed by atoms with Gasteiger partial charge in [0.15, 0.2) is 0 Å². The largest absolute Gasteiger partial charge is 0.339 e. The number of nitrogens with one attached hydrogen (secondary N) is 1. The van der Waals surface area contributed by atoms with E-state index >= 15 is 0 Å². The summed E-state index contributed by atoms with van der Waals surface area (Å²) in [4.78, 5) is 7.87. The van der Waals surface area contributed by atoms with Gasteiger partial charge in [-0.3, -0.25) is 4.40 Å². The highest BCUT2D eigenvalue weighted by atomic mass is 35.5. The molecule has 130 valence electrons. The third kappa shape index (κ3) is 2.84. The number of nitrogens with zero attached hydrogens (tertiary/aromatic N) is 2. The Kier molecular flexibility index (Phi) is 4.35. The molecule has 0 radical (unpaired) electrons. The van der Waals surface area contributed by atoms with Gasteiger partial charge in [0.1, 0.15) is 5.65 Å². The maximum atomic E-state index is 6.17. The van der Waals surface area contributed by atoms with Crippen LogP contribution in [-0.2, 0) is 0 Å². The quantitative estimate of drug-likeness (QED) is 0.382. The van der Waals surface area contributed by atoms with Crippen molar-refractivity contribution in [3.05, 3.63) is 74.7 Å². The Bertz CT molecular complexity index is 1210. The van der Waals surface area contributed by atoms with Gasteiger partial charge < -0.3 is 4.98 Å². The highest BCUT2D eigenvalue weighted by Crippen LogP contribution is 2.32. The Labute approximate surface area is 166 Å². The Morgan fingerprint density at radius 1 is 1.04 bits per heavy atom. The van der Waals surface area contributed by atoms with Crippen LogP contribution in [0.1, 0.15) is 11.1 Å². The summed E-state index contributed by atoms with van der Waals surface area (Å²) >= 11 is 17.6. The zero-order valence-electron chi connectivity index (χ0n) is 14.2. The SMILES string of the molecule is Cc1cccc(-c2cnc(=S)n3cc(-c4ccc(Cl)c(Cl)c4)[nH]c23)c1C. The Morgan fingerprint density at radius 2 is 1.85 bits per heavy atom. The van der Waals surface area contributed by atoms with Gasteiger partial charge in [-0.2, -0.15) is 0 Å². The summed E-state index contributed by atoms with van der Waals surface area (Å²) < 4.78 is 2.39. The number of benzene rings is 2. The van der Waals surface area contributed by atoms with Crippen LogP contribution in [0.15, 0.2) is 48.8 Å². The standard InChI is InChI=1S/C20H15Cl2N3S/c1-11-4-3-5-14(12(11)2)15-9-23-20(26)25-10-18(24-19(15)25)13-6-7-16(21)17(22)8-13/h3-10,24H,1-2H3. The van der Waals surface area contributed by atoms with Gasteiger partial charge in [-0.1, -0.05) is 47.5 Å². The average Bonchev–Trinajstić information content (AvgIpc) is 3.07. The number of aryl methyl sites for hydroxylation is 1. The lowest BCUT2D eigenvalue weighted by Gasteiger charge is -2.09. The van der Waals surface area contributed by atoms with Crippen molar-refractivity contribution < 1.29 is 0 Å². The first-order valence-corrected chi connectivity index (χ1v) is 9.24. The third-order valence-electron chi connectivity index (χ3n) is 4.64. The van der Waals surface area contributed by atoms with Crippen molar-refractivity contribution in [2.24, 2.45) is 0 Å². The minimum Gasteiger partial charge on any atom is -0.339 e. The molecular formula is C20H15Cl2N3S. The zero-order valence-corrected chi connectivity index (χ0v) is 16.5. The van der Waals surface area contributed by atoms with Gasteiger partial charge in [0.05, 0.1) is 15.7 Å². The maximum absolute atomic E-state index is 6.17. The van der Waals surface area contributed by atoms with Crippen molar-refractivity contribution >= 4 is 41.1 Å². The van der Waals surface area contributed by atoms with Crippen molar-refractivity contribution in [1.82, 2.24) is 14.4 Å². The monoisotopic (exact) mass is 399 g/mol. The number of aromatic nitrogens is 3.